The van der Waals surface area contributed by atoms with Gasteiger partial charge in [-0.2, -0.15) is 0 Å². The Labute approximate surface area is 241 Å². The second-order valence-electron chi connectivity index (χ2n) is 9.56. The number of rotatable bonds is 12. The Balaban J connectivity index is 2.07. The number of carbonyl (C=O) groups is 2. The smallest absolute Gasteiger partial charge is 0.264 e. The molecule has 0 saturated carbocycles. The van der Waals surface area contributed by atoms with Crippen molar-refractivity contribution in [3.63, 3.8) is 0 Å². The van der Waals surface area contributed by atoms with Crippen LogP contribution in [0.5, 0.6) is 5.75 Å². The lowest BCUT2D eigenvalue weighted by atomic mass is 10.1. The lowest BCUT2D eigenvalue weighted by Gasteiger charge is -2.32. The van der Waals surface area contributed by atoms with Crippen LogP contribution in [0.2, 0.25) is 5.02 Å². The average molecular weight is 586 g/mol. The van der Waals surface area contributed by atoms with Gasteiger partial charge in [0.25, 0.3) is 10.0 Å². The van der Waals surface area contributed by atoms with Gasteiger partial charge in [-0.1, -0.05) is 60.5 Å². The molecule has 3 rings (SSSR count). The lowest BCUT2D eigenvalue weighted by molar-refractivity contribution is -0.139. The van der Waals surface area contributed by atoms with E-state index in [1.807, 2.05) is 45.0 Å². The normalized spacial score (nSPS) is 11.9. The van der Waals surface area contributed by atoms with Crippen LogP contribution in [0.1, 0.15) is 37.0 Å². The highest BCUT2D eigenvalue weighted by molar-refractivity contribution is 7.92. The number of anilines is 1. The Morgan fingerprint density at radius 3 is 2.30 bits per heavy atom. The van der Waals surface area contributed by atoms with Gasteiger partial charge in [-0.25, -0.2) is 8.42 Å². The predicted molar refractivity (Wildman–Crippen MR) is 158 cm³/mol. The standard InChI is InChI=1S/C30H36ClN3O5S/c1-6-17-32-30(36)23(4)33(19-24-10-8-7-9-22(24)3)29(35)20-34(25-13-16-28(39-5)27(31)18-25)40(37,38)26-14-11-21(2)12-15-26/h7-16,18,23H,6,17,19-20H2,1-5H3,(H,32,36). The van der Waals surface area contributed by atoms with Crippen LogP contribution in [0.3, 0.4) is 0 Å². The molecule has 1 unspecified atom stereocenters. The largest absolute Gasteiger partial charge is 0.495 e. The van der Waals surface area contributed by atoms with E-state index in [4.69, 9.17) is 16.3 Å². The van der Waals surface area contributed by atoms with Crippen LogP contribution in [0.15, 0.2) is 71.6 Å². The summed E-state index contributed by atoms with van der Waals surface area (Å²) in [6.45, 7) is 7.42. The minimum atomic E-state index is -4.19. The summed E-state index contributed by atoms with van der Waals surface area (Å²) in [4.78, 5) is 28.4. The Kier molecular flexibility index (Phi) is 10.6. The van der Waals surface area contributed by atoms with Crippen molar-refractivity contribution >= 4 is 39.1 Å². The number of aryl methyl sites for hydroxylation is 2. The maximum absolute atomic E-state index is 14.0. The number of hydrogen-bond donors (Lipinski definition) is 1. The Morgan fingerprint density at radius 2 is 1.70 bits per heavy atom. The van der Waals surface area contributed by atoms with E-state index >= 15 is 0 Å². The van der Waals surface area contributed by atoms with Crippen LogP contribution in [-0.2, 0) is 26.2 Å². The van der Waals surface area contributed by atoms with Crippen molar-refractivity contribution < 1.29 is 22.7 Å². The van der Waals surface area contributed by atoms with Gasteiger partial charge >= 0.3 is 0 Å². The molecule has 40 heavy (non-hydrogen) atoms. The van der Waals surface area contributed by atoms with Gasteiger partial charge in [0.05, 0.1) is 22.7 Å². The molecule has 8 nitrogen and oxygen atoms in total. The molecule has 1 N–H and O–H groups in total. The van der Waals surface area contributed by atoms with E-state index in [0.29, 0.717) is 12.3 Å². The van der Waals surface area contributed by atoms with Gasteiger partial charge in [-0.3, -0.25) is 13.9 Å². The first-order chi connectivity index (χ1) is 19.0. The monoisotopic (exact) mass is 585 g/mol. The quantitative estimate of drug-likeness (QED) is 0.319. The molecule has 0 aliphatic rings. The van der Waals surface area contributed by atoms with E-state index in [1.54, 1.807) is 25.1 Å². The van der Waals surface area contributed by atoms with Gasteiger partial charge in [0.1, 0.15) is 18.3 Å². The number of carbonyl (C=O) groups excluding carboxylic acids is 2. The van der Waals surface area contributed by atoms with E-state index < -0.39 is 28.5 Å². The summed E-state index contributed by atoms with van der Waals surface area (Å²) in [6.07, 6.45) is 0.741. The van der Waals surface area contributed by atoms with E-state index in [0.717, 1.165) is 27.4 Å². The zero-order chi connectivity index (χ0) is 29.4. The summed E-state index contributed by atoms with van der Waals surface area (Å²) in [7, 11) is -2.73. The molecule has 0 bridgehead atoms. The Hall–Kier alpha value is -3.56. The first-order valence-corrected chi connectivity index (χ1v) is 14.9. The summed E-state index contributed by atoms with van der Waals surface area (Å²) in [5.41, 5.74) is 2.89. The van der Waals surface area contributed by atoms with Crippen LogP contribution >= 0.6 is 11.6 Å². The number of amides is 2. The number of ether oxygens (including phenoxy) is 1. The van der Waals surface area contributed by atoms with Crippen LogP contribution < -0.4 is 14.4 Å². The van der Waals surface area contributed by atoms with Gasteiger partial charge in [0.15, 0.2) is 0 Å². The van der Waals surface area contributed by atoms with Crippen molar-refractivity contribution in [1.82, 2.24) is 10.2 Å². The zero-order valence-corrected chi connectivity index (χ0v) is 25.1. The molecule has 3 aromatic carbocycles. The Morgan fingerprint density at radius 1 is 1.02 bits per heavy atom. The molecule has 3 aromatic rings. The van der Waals surface area contributed by atoms with Gasteiger partial charge in [0, 0.05) is 13.1 Å². The first kappa shape index (κ1) is 31.0. The highest BCUT2D eigenvalue weighted by Gasteiger charge is 2.33. The van der Waals surface area contributed by atoms with Crippen molar-refractivity contribution in [3.8, 4) is 5.75 Å². The zero-order valence-electron chi connectivity index (χ0n) is 23.5. The first-order valence-electron chi connectivity index (χ1n) is 13.0. The third-order valence-corrected chi connectivity index (χ3v) is 8.71. The number of sulfonamides is 1. The number of benzene rings is 3. The molecule has 0 heterocycles. The van der Waals surface area contributed by atoms with Crippen molar-refractivity contribution in [3.05, 3.63) is 88.4 Å². The molecule has 10 heteroatoms. The number of halogens is 1. The minimum absolute atomic E-state index is 0.0250. The molecule has 214 valence electrons. The summed E-state index contributed by atoms with van der Waals surface area (Å²) in [5, 5.41) is 3.03. The van der Waals surface area contributed by atoms with E-state index in [9.17, 15) is 18.0 Å². The minimum Gasteiger partial charge on any atom is -0.495 e. The van der Waals surface area contributed by atoms with Crippen LogP contribution in [0, 0.1) is 13.8 Å². The predicted octanol–water partition coefficient (Wildman–Crippen LogP) is 5.10. The molecule has 1 atom stereocenters. The number of methoxy groups -OCH3 is 1. The molecule has 0 aliphatic carbocycles. The van der Waals surface area contributed by atoms with Crippen LogP contribution in [0.25, 0.3) is 0 Å². The molecule has 0 aromatic heterocycles. The Bertz CT molecular complexity index is 1440. The number of nitrogens with one attached hydrogen (secondary N) is 1. The fourth-order valence-corrected chi connectivity index (χ4v) is 5.78. The molecule has 0 aliphatic heterocycles. The van der Waals surface area contributed by atoms with Crippen molar-refractivity contribution in [1.29, 1.82) is 0 Å². The summed E-state index contributed by atoms with van der Waals surface area (Å²) in [6, 6.07) is 17.6. The van der Waals surface area contributed by atoms with Crippen molar-refractivity contribution in [2.24, 2.45) is 0 Å². The fraction of sp³-hybridized carbons (Fsp3) is 0.333. The SMILES string of the molecule is CCCNC(=O)C(C)N(Cc1ccccc1C)C(=O)CN(c1ccc(OC)c(Cl)c1)S(=O)(=O)c1ccc(C)cc1. The van der Waals surface area contributed by atoms with Gasteiger partial charge in [0.2, 0.25) is 11.8 Å². The molecule has 0 saturated heterocycles. The maximum Gasteiger partial charge on any atom is 0.264 e. The van der Waals surface area contributed by atoms with E-state index in [-0.39, 0.29) is 28.1 Å². The second-order valence-corrected chi connectivity index (χ2v) is 11.8. The summed E-state index contributed by atoms with van der Waals surface area (Å²) < 4.78 is 34.1. The third kappa shape index (κ3) is 7.34. The topological polar surface area (TPSA) is 96.0 Å². The molecular formula is C30H36ClN3O5S. The van der Waals surface area contributed by atoms with E-state index in [1.165, 1.54) is 36.3 Å². The molecular weight excluding hydrogens is 550 g/mol. The van der Waals surface area contributed by atoms with Gasteiger partial charge in [-0.15, -0.1) is 0 Å². The van der Waals surface area contributed by atoms with Crippen molar-refractivity contribution in [2.75, 3.05) is 24.5 Å². The summed E-state index contributed by atoms with van der Waals surface area (Å²) >= 11 is 6.36. The number of hydrogen-bond acceptors (Lipinski definition) is 5. The van der Waals surface area contributed by atoms with Crippen molar-refractivity contribution in [2.45, 2.75) is 51.6 Å². The highest BCUT2D eigenvalue weighted by atomic mass is 35.5. The third-order valence-electron chi connectivity index (χ3n) is 6.63. The number of nitrogens with zero attached hydrogens (tertiary/aromatic N) is 2. The fourth-order valence-electron chi connectivity index (χ4n) is 4.13. The van der Waals surface area contributed by atoms with E-state index in [2.05, 4.69) is 5.32 Å². The van der Waals surface area contributed by atoms with Gasteiger partial charge in [-0.05, 0) is 68.7 Å². The maximum atomic E-state index is 14.0. The second kappa shape index (κ2) is 13.7. The van der Waals surface area contributed by atoms with Crippen LogP contribution in [0.4, 0.5) is 5.69 Å². The molecule has 0 spiro atoms. The summed E-state index contributed by atoms with van der Waals surface area (Å²) in [5.74, 6) is -0.485. The molecule has 0 radical (unpaired) electrons. The average Bonchev–Trinajstić information content (AvgIpc) is 2.93. The molecule has 0 fully saturated rings. The lowest BCUT2D eigenvalue weighted by Crippen LogP contribution is -2.51. The molecule has 2 amide bonds. The van der Waals surface area contributed by atoms with Crippen LogP contribution in [-0.4, -0.2) is 51.4 Å². The highest BCUT2D eigenvalue weighted by Crippen LogP contribution is 2.32. The van der Waals surface area contributed by atoms with Gasteiger partial charge < -0.3 is 15.0 Å².